The summed E-state index contributed by atoms with van der Waals surface area (Å²) in [4.78, 5) is 0. The van der Waals surface area contributed by atoms with Crippen molar-refractivity contribution in [2.75, 3.05) is 13.1 Å². The van der Waals surface area contributed by atoms with Crippen LogP contribution in [0.1, 0.15) is 26.2 Å². The molecule has 0 aliphatic carbocycles. The van der Waals surface area contributed by atoms with E-state index in [1.54, 1.807) is 5.92 Å². The SMILES string of the molecule is C[C-]1CCCCNC1.[Rb+]. The van der Waals surface area contributed by atoms with E-state index in [4.69, 9.17) is 0 Å². The van der Waals surface area contributed by atoms with Gasteiger partial charge in [0.05, 0.1) is 0 Å². The predicted octanol–water partition coefficient (Wildman–Crippen LogP) is -1.64. The largest absolute Gasteiger partial charge is 1.00 e. The van der Waals surface area contributed by atoms with Crippen molar-refractivity contribution >= 4 is 0 Å². The molecule has 1 N–H and O–H groups in total. The zero-order valence-corrected chi connectivity index (χ0v) is 11.5. The van der Waals surface area contributed by atoms with E-state index in [1.807, 2.05) is 0 Å². The Morgan fingerprint density at radius 3 is 2.89 bits per heavy atom. The Morgan fingerprint density at radius 2 is 2.11 bits per heavy atom. The van der Waals surface area contributed by atoms with Crippen molar-refractivity contribution in [3.05, 3.63) is 5.92 Å². The smallest absolute Gasteiger partial charge is 0.346 e. The molecule has 1 aliphatic heterocycles. The summed E-state index contributed by atoms with van der Waals surface area (Å²) in [6, 6.07) is 0. The topological polar surface area (TPSA) is 12.0 Å². The Kier molecular flexibility index (Phi) is 7.74. The average Bonchev–Trinajstić information content (AvgIpc) is 1.94. The van der Waals surface area contributed by atoms with Gasteiger partial charge in [0.2, 0.25) is 0 Å². The second kappa shape index (κ2) is 6.47. The van der Waals surface area contributed by atoms with Crippen LogP contribution >= 0.6 is 0 Å². The van der Waals surface area contributed by atoms with E-state index in [-0.39, 0.29) is 58.2 Å². The van der Waals surface area contributed by atoms with Crippen LogP contribution in [0.4, 0.5) is 0 Å². The van der Waals surface area contributed by atoms with Gasteiger partial charge >= 0.3 is 58.2 Å². The Labute approximate surface area is 107 Å². The molecule has 0 radical (unpaired) electrons. The van der Waals surface area contributed by atoms with Crippen LogP contribution in [-0.2, 0) is 0 Å². The van der Waals surface area contributed by atoms with Gasteiger partial charge in [-0.1, -0.05) is 6.42 Å². The summed E-state index contributed by atoms with van der Waals surface area (Å²) >= 11 is 0. The van der Waals surface area contributed by atoms with Crippen LogP contribution in [0.15, 0.2) is 0 Å². The zero-order chi connectivity index (χ0) is 5.82. The van der Waals surface area contributed by atoms with Crippen LogP contribution in [0.25, 0.3) is 0 Å². The molecule has 0 atom stereocenters. The summed E-state index contributed by atoms with van der Waals surface area (Å²) in [7, 11) is 0. The molecule has 1 nitrogen and oxygen atoms in total. The molecule has 1 saturated heterocycles. The number of rotatable bonds is 0. The van der Waals surface area contributed by atoms with Crippen molar-refractivity contribution in [2.24, 2.45) is 0 Å². The Morgan fingerprint density at radius 1 is 1.33 bits per heavy atom. The summed E-state index contributed by atoms with van der Waals surface area (Å²) in [6.45, 7) is 4.61. The maximum atomic E-state index is 3.36. The standard InChI is InChI=1S/C7H14N.Rb/c1-7-4-2-3-5-8-6-7;/h8H,2-6H2,1H3;/q-1;+1. The summed E-state index contributed by atoms with van der Waals surface area (Å²) in [5, 5.41) is 3.36. The minimum atomic E-state index is 0. The Bertz CT molecular complexity index is 57.9. The number of hydrogen-bond acceptors (Lipinski definition) is 1. The molecule has 0 saturated carbocycles. The second-order valence-electron chi connectivity index (χ2n) is 2.59. The molecular formula is C7H14NRb. The van der Waals surface area contributed by atoms with Crippen LogP contribution < -0.4 is 63.5 Å². The Hall–Kier alpha value is 1.77. The van der Waals surface area contributed by atoms with Gasteiger partial charge in [0.1, 0.15) is 0 Å². The third kappa shape index (κ3) is 5.08. The van der Waals surface area contributed by atoms with Gasteiger partial charge in [-0.2, -0.15) is 13.3 Å². The minimum Gasteiger partial charge on any atom is -0.346 e. The molecule has 9 heavy (non-hydrogen) atoms. The minimum absolute atomic E-state index is 0. The first-order valence-electron chi connectivity index (χ1n) is 3.41. The van der Waals surface area contributed by atoms with Gasteiger partial charge in [0, 0.05) is 0 Å². The van der Waals surface area contributed by atoms with Crippen LogP contribution in [0.5, 0.6) is 0 Å². The molecule has 1 rings (SSSR count). The van der Waals surface area contributed by atoms with Crippen molar-refractivity contribution in [2.45, 2.75) is 26.2 Å². The van der Waals surface area contributed by atoms with E-state index < -0.39 is 0 Å². The van der Waals surface area contributed by atoms with Crippen molar-refractivity contribution in [1.29, 1.82) is 0 Å². The first-order chi connectivity index (χ1) is 3.89. The van der Waals surface area contributed by atoms with Gasteiger partial charge < -0.3 is 11.2 Å². The molecule has 0 aromatic carbocycles. The molecule has 0 aromatic heterocycles. The van der Waals surface area contributed by atoms with E-state index in [9.17, 15) is 0 Å². The van der Waals surface area contributed by atoms with Gasteiger partial charge in [-0.3, -0.25) is 0 Å². The molecule has 0 aromatic rings. The molecular weight excluding hydrogens is 184 g/mol. The molecule has 0 spiro atoms. The molecule has 0 bridgehead atoms. The quantitative estimate of drug-likeness (QED) is 0.460. The fourth-order valence-electron chi connectivity index (χ4n) is 1.07. The fourth-order valence-corrected chi connectivity index (χ4v) is 1.07. The molecule has 0 amide bonds. The van der Waals surface area contributed by atoms with E-state index in [0.29, 0.717) is 0 Å². The number of nitrogens with one attached hydrogen (secondary N) is 1. The normalized spacial score (nSPS) is 22.3. The second-order valence-corrected chi connectivity index (χ2v) is 2.59. The van der Waals surface area contributed by atoms with Crippen molar-refractivity contribution in [3.8, 4) is 0 Å². The number of hydrogen-bond donors (Lipinski definition) is 1. The summed E-state index contributed by atoms with van der Waals surface area (Å²) in [5.41, 5.74) is 0. The van der Waals surface area contributed by atoms with Gasteiger partial charge in [-0.05, 0) is 13.0 Å². The molecule has 48 valence electrons. The van der Waals surface area contributed by atoms with Crippen LogP contribution in [0.3, 0.4) is 0 Å². The Balaban J connectivity index is 0.000000640. The first kappa shape index (κ1) is 10.8. The molecule has 2 heteroatoms. The van der Waals surface area contributed by atoms with Crippen LogP contribution in [0.2, 0.25) is 0 Å². The maximum Gasteiger partial charge on any atom is 1.00 e. The van der Waals surface area contributed by atoms with Crippen molar-refractivity contribution < 1.29 is 58.2 Å². The molecule has 1 aliphatic rings. The van der Waals surface area contributed by atoms with E-state index >= 15 is 0 Å². The zero-order valence-electron chi connectivity index (χ0n) is 6.54. The molecule has 1 heterocycles. The fraction of sp³-hybridized carbons (Fsp3) is 0.857. The van der Waals surface area contributed by atoms with Crippen molar-refractivity contribution in [3.63, 3.8) is 0 Å². The summed E-state index contributed by atoms with van der Waals surface area (Å²) < 4.78 is 0. The van der Waals surface area contributed by atoms with E-state index in [0.717, 1.165) is 6.54 Å². The summed E-state index contributed by atoms with van der Waals surface area (Å²) in [5.74, 6) is 1.61. The maximum absolute atomic E-state index is 3.36. The summed E-state index contributed by atoms with van der Waals surface area (Å²) in [6.07, 6.45) is 4.09. The molecule has 0 unspecified atom stereocenters. The van der Waals surface area contributed by atoms with E-state index in [1.165, 1.54) is 25.8 Å². The van der Waals surface area contributed by atoms with Gasteiger partial charge in [-0.25, -0.2) is 0 Å². The first-order valence-corrected chi connectivity index (χ1v) is 3.41. The van der Waals surface area contributed by atoms with Gasteiger partial charge in [-0.15, -0.1) is 6.54 Å². The van der Waals surface area contributed by atoms with Crippen LogP contribution in [0, 0.1) is 5.92 Å². The predicted molar refractivity (Wildman–Crippen MR) is 35.6 cm³/mol. The van der Waals surface area contributed by atoms with Gasteiger partial charge in [0.15, 0.2) is 0 Å². The van der Waals surface area contributed by atoms with E-state index in [2.05, 4.69) is 12.2 Å². The third-order valence-electron chi connectivity index (χ3n) is 1.63. The van der Waals surface area contributed by atoms with Gasteiger partial charge in [0.25, 0.3) is 0 Å². The average molecular weight is 198 g/mol. The van der Waals surface area contributed by atoms with Crippen LogP contribution in [-0.4, -0.2) is 13.1 Å². The third-order valence-corrected chi connectivity index (χ3v) is 1.63. The molecule has 1 fully saturated rings. The monoisotopic (exact) mass is 197 g/mol. The van der Waals surface area contributed by atoms with Crippen molar-refractivity contribution in [1.82, 2.24) is 5.32 Å².